The van der Waals surface area contributed by atoms with Crippen LogP contribution >= 0.6 is 0 Å². The lowest BCUT2D eigenvalue weighted by Crippen LogP contribution is -2.50. The van der Waals surface area contributed by atoms with E-state index in [-0.39, 0.29) is 11.3 Å². The van der Waals surface area contributed by atoms with Gasteiger partial charge in [0.1, 0.15) is 0 Å². The second-order valence-electron chi connectivity index (χ2n) is 7.11. The van der Waals surface area contributed by atoms with E-state index in [4.69, 9.17) is 0 Å². The molecule has 0 bridgehead atoms. The Labute approximate surface area is 111 Å². The average Bonchev–Trinajstić information content (AvgIpc) is 2.34. The van der Waals surface area contributed by atoms with Crippen molar-refractivity contribution < 1.29 is 4.79 Å². The predicted octanol–water partition coefficient (Wildman–Crippen LogP) is 2.32. The first-order valence-corrected chi connectivity index (χ1v) is 7.43. The Morgan fingerprint density at radius 1 is 1.39 bits per heavy atom. The number of hydrogen-bond acceptors (Lipinski definition) is 2. The minimum absolute atomic E-state index is 0.240. The molecule has 1 unspecified atom stereocenters. The van der Waals surface area contributed by atoms with Gasteiger partial charge in [-0.3, -0.25) is 4.79 Å². The third-order valence-corrected chi connectivity index (χ3v) is 5.14. The zero-order chi connectivity index (χ0) is 13.2. The quantitative estimate of drug-likeness (QED) is 0.806. The molecule has 2 N–H and O–H groups in total. The van der Waals surface area contributed by atoms with Crippen molar-refractivity contribution in [1.29, 1.82) is 0 Å². The molecule has 0 radical (unpaired) electrons. The van der Waals surface area contributed by atoms with Crippen LogP contribution in [0.4, 0.5) is 0 Å². The summed E-state index contributed by atoms with van der Waals surface area (Å²) in [5, 5.41) is 6.61. The summed E-state index contributed by atoms with van der Waals surface area (Å²) in [6.07, 6.45) is 6.21. The van der Waals surface area contributed by atoms with Gasteiger partial charge < -0.3 is 10.6 Å². The Balaban J connectivity index is 1.85. The lowest BCUT2D eigenvalue weighted by molar-refractivity contribution is -0.133. The lowest BCUT2D eigenvalue weighted by Gasteiger charge is -2.41. The van der Waals surface area contributed by atoms with Crippen molar-refractivity contribution in [3.05, 3.63) is 0 Å². The molecule has 1 heterocycles. The van der Waals surface area contributed by atoms with Crippen molar-refractivity contribution in [3.8, 4) is 0 Å². The Hall–Kier alpha value is -0.570. The van der Waals surface area contributed by atoms with Gasteiger partial charge in [0, 0.05) is 12.0 Å². The second kappa shape index (κ2) is 5.20. The number of amides is 1. The third-order valence-electron chi connectivity index (χ3n) is 5.14. The first-order valence-electron chi connectivity index (χ1n) is 7.43. The molecule has 0 aromatic carbocycles. The molecule has 1 saturated heterocycles. The molecular weight excluding hydrogens is 224 g/mol. The van der Waals surface area contributed by atoms with Crippen LogP contribution in [0.5, 0.6) is 0 Å². The standard InChI is InChI=1S/C15H28N2O/c1-14(2,12-6-4-9-16-10-12)13(18)17-11-15(3)7-5-8-15/h12,16H,4-11H2,1-3H3,(H,17,18). The second-order valence-corrected chi connectivity index (χ2v) is 7.11. The van der Waals surface area contributed by atoms with Crippen LogP contribution in [0.15, 0.2) is 0 Å². The molecule has 1 atom stereocenters. The van der Waals surface area contributed by atoms with E-state index >= 15 is 0 Å². The maximum Gasteiger partial charge on any atom is 0.226 e. The lowest BCUT2D eigenvalue weighted by atomic mass is 9.70. The van der Waals surface area contributed by atoms with Crippen LogP contribution in [-0.2, 0) is 4.79 Å². The average molecular weight is 252 g/mol. The molecule has 3 heteroatoms. The van der Waals surface area contributed by atoms with Gasteiger partial charge in [-0.1, -0.05) is 27.2 Å². The summed E-state index contributed by atoms with van der Waals surface area (Å²) in [5.41, 5.74) is 0.129. The number of nitrogens with one attached hydrogen (secondary N) is 2. The highest BCUT2D eigenvalue weighted by Gasteiger charge is 2.39. The molecule has 2 fully saturated rings. The minimum atomic E-state index is -0.243. The highest BCUT2D eigenvalue weighted by molar-refractivity contribution is 5.82. The van der Waals surface area contributed by atoms with Gasteiger partial charge in [0.15, 0.2) is 0 Å². The van der Waals surface area contributed by atoms with Crippen molar-refractivity contribution in [2.45, 2.75) is 52.9 Å². The van der Waals surface area contributed by atoms with Crippen molar-refractivity contribution >= 4 is 5.91 Å². The minimum Gasteiger partial charge on any atom is -0.355 e. The highest BCUT2D eigenvalue weighted by Crippen LogP contribution is 2.40. The summed E-state index contributed by atoms with van der Waals surface area (Å²) in [7, 11) is 0. The monoisotopic (exact) mass is 252 g/mol. The fraction of sp³-hybridized carbons (Fsp3) is 0.933. The molecule has 0 aromatic rings. The SMILES string of the molecule is CC1(CNC(=O)C(C)(C)C2CCCNC2)CCC1. The molecule has 1 amide bonds. The fourth-order valence-corrected chi connectivity index (χ4v) is 3.13. The van der Waals surface area contributed by atoms with Crippen molar-refractivity contribution in [2.75, 3.05) is 19.6 Å². The fourth-order valence-electron chi connectivity index (χ4n) is 3.13. The molecule has 1 saturated carbocycles. The Morgan fingerprint density at radius 3 is 2.61 bits per heavy atom. The normalized spacial score (nSPS) is 27.4. The smallest absolute Gasteiger partial charge is 0.226 e. The highest BCUT2D eigenvalue weighted by atomic mass is 16.2. The molecule has 2 rings (SSSR count). The van der Waals surface area contributed by atoms with Crippen LogP contribution in [0.2, 0.25) is 0 Å². The Kier molecular flexibility index (Phi) is 4.00. The predicted molar refractivity (Wildman–Crippen MR) is 74.3 cm³/mol. The van der Waals surface area contributed by atoms with Crippen molar-refractivity contribution in [1.82, 2.24) is 10.6 Å². The van der Waals surface area contributed by atoms with Crippen molar-refractivity contribution in [2.24, 2.45) is 16.7 Å². The third kappa shape index (κ3) is 2.87. The van der Waals surface area contributed by atoms with Gasteiger partial charge in [-0.15, -0.1) is 0 Å². The maximum absolute atomic E-state index is 12.4. The molecule has 18 heavy (non-hydrogen) atoms. The van der Waals surface area contributed by atoms with Gasteiger partial charge in [-0.05, 0) is 50.1 Å². The van der Waals surface area contributed by atoms with E-state index in [1.54, 1.807) is 0 Å². The zero-order valence-corrected chi connectivity index (χ0v) is 12.1. The largest absolute Gasteiger partial charge is 0.355 e. The molecular formula is C15H28N2O. The number of rotatable bonds is 4. The van der Waals surface area contributed by atoms with Crippen LogP contribution in [0.25, 0.3) is 0 Å². The van der Waals surface area contributed by atoms with Crippen LogP contribution in [0.1, 0.15) is 52.9 Å². The van der Waals surface area contributed by atoms with Gasteiger partial charge in [0.05, 0.1) is 0 Å². The first-order chi connectivity index (χ1) is 8.44. The molecule has 0 aromatic heterocycles. The number of piperidine rings is 1. The topological polar surface area (TPSA) is 41.1 Å². The van der Waals surface area contributed by atoms with E-state index in [9.17, 15) is 4.79 Å². The molecule has 104 valence electrons. The summed E-state index contributed by atoms with van der Waals surface area (Å²) in [4.78, 5) is 12.4. The number of carbonyl (C=O) groups excluding carboxylic acids is 1. The van der Waals surface area contributed by atoms with Crippen molar-refractivity contribution in [3.63, 3.8) is 0 Å². The molecule has 3 nitrogen and oxygen atoms in total. The Bertz CT molecular complexity index is 302. The van der Waals surface area contributed by atoms with Crippen LogP contribution < -0.4 is 10.6 Å². The van der Waals surface area contributed by atoms with Crippen LogP contribution in [0, 0.1) is 16.7 Å². The van der Waals surface area contributed by atoms with Gasteiger partial charge in [0.25, 0.3) is 0 Å². The summed E-state index contributed by atoms with van der Waals surface area (Å²) in [5.74, 6) is 0.713. The van der Waals surface area contributed by atoms with E-state index < -0.39 is 0 Å². The first kappa shape index (κ1) is 13.9. The maximum atomic E-state index is 12.4. The Morgan fingerprint density at radius 2 is 2.11 bits per heavy atom. The van der Waals surface area contributed by atoms with E-state index in [0.717, 1.165) is 19.6 Å². The van der Waals surface area contributed by atoms with Crippen LogP contribution in [-0.4, -0.2) is 25.5 Å². The van der Waals surface area contributed by atoms with Gasteiger partial charge >= 0.3 is 0 Å². The van der Waals surface area contributed by atoms with E-state index in [0.29, 0.717) is 11.3 Å². The summed E-state index contributed by atoms with van der Waals surface area (Å²) in [6.45, 7) is 9.43. The van der Waals surface area contributed by atoms with E-state index in [1.165, 1.54) is 32.1 Å². The number of hydrogen-bond donors (Lipinski definition) is 2. The van der Waals surface area contributed by atoms with E-state index in [2.05, 4.69) is 31.4 Å². The summed E-state index contributed by atoms with van der Waals surface area (Å²) < 4.78 is 0. The molecule has 1 aliphatic heterocycles. The summed E-state index contributed by atoms with van der Waals surface area (Å²) in [6, 6.07) is 0. The van der Waals surface area contributed by atoms with Gasteiger partial charge in [0.2, 0.25) is 5.91 Å². The zero-order valence-electron chi connectivity index (χ0n) is 12.1. The molecule has 1 aliphatic carbocycles. The number of carbonyl (C=O) groups is 1. The van der Waals surface area contributed by atoms with Gasteiger partial charge in [-0.2, -0.15) is 0 Å². The van der Waals surface area contributed by atoms with Crippen LogP contribution in [0.3, 0.4) is 0 Å². The molecule has 2 aliphatic rings. The summed E-state index contributed by atoms with van der Waals surface area (Å²) >= 11 is 0. The van der Waals surface area contributed by atoms with E-state index in [1.807, 2.05) is 0 Å². The molecule has 0 spiro atoms. The van der Waals surface area contributed by atoms with Gasteiger partial charge in [-0.25, -0.2) is 0 Å².